The van der Waals surface area contributed by atoms with E-state index in [1.165, 1.54) is 6.08 Å². The topological polar surface area (TPSA) is 44.8 Å². The number of halogens is 3. The number of hydrogen-bond donors (Lipinski definition) is 0. The summed E-state index contributed by atoms with van der Waals surface area (Å²) in [5.74, 6) is 0. The van der Waals surface area contributed by atoms with Gasteiger partial charge in [-0.2, -0.15) is 0 Å². The van der Waals surface area contributed by atoms with Crippen molar-refractivity contribution in [3.05, 3.63) is 21.9 Å². The van der Waals surface area contributed by atoms with Crippen LogP contribution < -0.4 is 0 Å². The van der Waals surface area contributed by atoms with E-state index in [9.17, 15) is 4.57 Å². The largest absolute Gasteiger partial charge is 0.530 e. The Bertz CT molecular complexity index is 348. The summed E-state index contributed by atoms with van der Waals surface area (Å²) in [7, 11) is -3.71. The van der Waals surface area contributed by atoms with E-state index in [2.05, 4.69) is 0 Å². The molecule has 0 aliphatic rings. The molecule has 0 heterocycles. The number of phosphoric acid groups is 1. The third kappa shape index (κ3) is 9.26. The first kappa shape index (κ1) is 18.3. The average molecular weight is 338 g/mol. The van der Waals surface area contributed by atoms with Gasteiger partial charge in [-0.05, 0) is 33.8 Å². The molecule has 0 N–H and O–H groups in total. The second-order valence-corrected chi connectivity index (χ2v) is 6.77. The van der Waals surface area contributed by atoms with Crippen LogP contribution in [-0.4, -0.2) is 12.2 Å². The lowest BCUT2D eigenvalue weighted by atomic mass is 10.5. The summed E-state index contributed by atoms with van der Waals surface area (Å²) in [6.07, 6.45) is 1.58. The number of allylic oxidation sites excluding steroid dienone is 2. The lowest BCUT2D eigenvalue weighted by Gasteiger charge is -2.20. The van der Waals surface area contributed by atoms with Crippen LogP contribution in [0.1, 0.15) is 27.7 Å². The summed E-state index contributed by atoms with van der Waals surface area (Å²) in [6.45, 7) is 6.84. The molecular weight excluding hydrogens is 321 g/mol. The smallest absolute Gasteiger partial charge is 0.410 e. The molecule has 0 aromatic carbocycles. The van der Waals surface area contributed by atoms with Crippen molar-refractivity contribution in [3.63, 3.8) is 0 Å². The van der Waals surface area contributed by atoms with Gasteiger partial charge in [0.1, 0.15) is 10.8 Å². The van der Waals surface area contributed by atoms with Crippen molar-refractivity contribution >= 4 is 42.6 Å². The fourth-order valence-corrected chi connectivity index (χ4v) is 2.83. The van der Waals surface area contributed by atoms with Crippen LogP contribution in [0.2, 0.25) is 0 Å². The Labute approximate surface area is 122 Å². The first-order valence-electron chi connectivity index (χ1n) is 5.18. The van der Waals surface area contributed by atoms with Gasteiger partial charge in [-0.3, -0.25) is 9.05 Å². The number of rotatable bonds is 7. The average Bonchev–Trinajstić information content (AvgIpc) is 2.11. The molecule has 0 amide bonds. The second kappa shape index (κ2) is 8.47. The van der Waals surface area contributed by atoms with Gasteiger partial charge in [-0.25, -0.2) is 4.57 Å². The van der Waals surface area contributed by atoms with Gasteiger partial charge in [0.2, 0.25) is 0 Å². The van der Waals surface area contributed by atoms with Crippen LogP contribution in [0.4, 0.5) is 0 Å². The van der Waals surface area contributed by atoms with E-state index < -0.39 is 7.82 Å². The molecule has 8 heteroatoms. The summed E-state index contributed by atoms with van der Waals surface area (Å²) in [5.41, 5.74) is 0. The third-order valence-electron chi connectivity index (χ3n) is 1.22. The molecule has 0 saturated carbocycles. The molecule has 18 heavy (non-hydrogen) atoms. The third-order valence-corrected chi connectivity index (χ3v) is 3.36. The molecular formula is C10H16Cl3O4P. The summed E-state index contributed by atoms with van der Waals surface area (Å²) in [4.78, 5) is 0. The number of hydrogen-bond acceptors (Lipinski definition) is 4. The molecule has 0 aliphatic heterocycles. The zero-order valence-electron chi connectivity index (χ0n) is 10.5. The molecule has 0 radical (unpaired) electrons. The Hall–Kier alpha value is 0.300. The molecule has 0 unspecified atom stereocenters. The Morgan fingerprint density at radius 1 is 1.06 bits per heavy atom. The normalized spacial score (nSPS) is 13.1. The molecule has 0 aromatic heterocycles. The minimum atomic E-state index is -3.71. The second-order valence-electron chi connectivity index (χ2n) is 3.80. The monoisotopic (exact) mass is 336 g/mol. The summed E-state index contributed by atoms with van der Waals surface area (Å²) < 4.78 is 27.3. The first-order chi connectivity index (χ1) is 8.14. The quantitative estimate of drug-likeness (QED) is 0.356. The van der Waals surface area contributed by atoms with E-state index in [0.29, 0.717) is 0 Å². The maximum absolute atomic E-state index is 12.2. The highest BCUT2D eigenvalue weighted by Crippen LogP contribution is 2.52. The van der Waals surface area contributed by atoms with E-state index in [0.717, 1.165) is 6.26 Å². The minimum absolute atomic E-state index is 0.0516. The molecule has 0 fully saturated rings. The van der Waals surface area contributed by atoms with E-state index in [1.54, 1.807) is 27.7 Å². The van der Waals surface area contributed by atoms with Crippen LogP contribution in [-0.2, 0) is 18.1 Å². The van der Waals surface area contributed by atoms with E-state index in [1.807, 2.05) is 0 Å². The van der Waals surface area contributed by atoms with E-state index in [4.69, 9.17) is 48.4 Å². The van der Waals surface area contributed by atoms with Gasteiger partial charge in [0.25, 0.3) is 0 Å². The SMILES string of the molecule is CC(C)OP(=O)(O/C=C(/Cl)C=C(Cl)Cl)OC(C)C. The van der Waals surface area contributed by atoms with E-state index >= 15 is 0 Å². The fourth-order valence-electron chi connectivity index (χ4n) is 0.844. The highest BCUT2D eigenvalue weighted by Gasteiger charge is 2.30. The predicted octanol–water partition coefficient (Wildman–Crippen LogP) is 5.36. The van der Waals surface area contributed by atoms with Crippen LogP contribution in [0.15, 0.2) is 21.9 Å². The minimum Gasteiger partial charge on any atom is -0.410 e. The lowest BCUT2D eigenvalue weighted by molar-refractivity contribution is 0.0935. The summed E-state index contributed by atoms with van der Waals surface area (Å²) >= 11 is 16.5. The number of phosphoric ester groups is 1. The van der Waals surface area contributed by atoms with Crippen LogP contribution in [0.5, 0.6) is 0 Å². The van der Waals surface area contributed by atoms with Gasteiger partial charge in [0.05, 0.1) is 17.2 Å². The molecule has 0 saturated heterocycles. The highest BCUT2D eigenvalue weighted by molar-refractivity contribution is 7.48. The predicted molar refractivity (Wildman–Crippen MR) is 74.9 cm³/mol. The van der Waals surface area contributed by atoms with Gasteiger partial charge in [-0.1, -0.05) is 34.8 Å². The van der Waals surface area contributed by atoms with Crippen LogP contribution in [0.3, 0.4) is 0 Å². The van der Waals surface area contributed by atoms with Crippen molar-refractivity contribution in [2.75, 3.05) is 0 Å². The molecule has 4 nitrogen and oxygen atoms in total. The van der Waals surface area contributed by atoms with Gasteiger partial charge in [0.15, 0.2) is 0 Å². The molecule has 0 atom stereocenters. The Kier molecular flexibility index (Phi) is 8.61. The van der Waals surface area contributed by atoms with Crippen LogP contribution in [0.25, 0.3) is 0 Å². The van der Waals surface area contributed by atoms with E-state index in [-0.39, 0.29) is 21.7 Å². The van der Waals surface area contributed by atoms with Crippen LogP contribution >= 0.6 is 42.6 Å². The van der Waals surface area contributed by atoms with Crippen molar-refractivity contribution in [2.24, 2.45) is 0 Å². The summed E-state index contributed by atoms with van der Waals surface area (Å²) in [5, 5.41) is 0.0648. The van der Waals surface area contributed by atoms with Gasteiger partial charge in [0, 0.05) is 0 Å². The first-order valence-corrected chi connectivity index (χ1v) is 7.77. The maximum atomic E-state index is 12.2. The fraction of sp³-hybridized carbons (Fsp3) is 0.600. The zero-order valence-corrected chi connectivity index (χ0v) is 13.7. The van der Waals surface area contributed by atoms with Gasteiger partial charge in [-0.15, -0.1) is 0 Å². The van der Waals surface area contributed by atoms with Crippen molar-refractivity contribution in [3.8, 4) is 0 Å². The summed E-state index contributed by atoms with van der Waals surface area (Å²) in [6, 6.07) is 0. The highest BCUT2D eigenvalue weighted by atomic mass is 35.5. The van der Waals surface area contributed by atoms with Crippen molar-refractivity contribution in [1.82, 2.24) is 0 Å². The Morgan fingerprint density at radius 3 is 1.83 bits per heavy atom. The molecule has 0 spiro atoms. The van der Waals surface area contributed by atoms with Gasteiger partial charge >= 0.3 is 7.82 Å². The van der Waals surface area contributed by atoms with Crippen molar-refractivity contribution < 1.29 is 18.1 Å². The molecule has 0 bridgehead atoms. The Morgan fingerprint density at radius 2 is 1.50 bits per heavy atom. The standard InChI is InChI=1S/C10H16Cl3O4P/c1-7(2)16-18(14,17-8(3)4)15-6-9(11)5-10(12)13/h5-8H,1-4H3/b9-6+. The molecule has 0 rings (SSSR count). The van der Waals surface area contributed by atoms with Crippen LogP contribution in [0, 0.1) is 0 Å². The maximum Gasteiger partial charge on any atom is 0.530 e. The van der Waals surface area contributed by atoms with Crippen molar-refractivity contribution in [2.45, 2.75) is 39.9 Å². The Balaban J connectivity index is 4.80. The lowest BCUT2D eigenvalue weighted by Crippen LogP contribution is -2.08. The molecule has 106 valence electrons. The van der Waals surface area contributed by atoms with Gasteiger partial charge < -0.3 is 4.52 Å². The molecule has 0 aliphatic carbocycles. The van der Waals surface area contributed by atoms with Crippen molar-refractivity contribution in [1.29, 1.82) is 0 Å². The zero-order chi connectivity index (χ0) is 14.3. The molecule has 0 aromatic rings.